The SMILES string of the molecule is CCOC(=O)N1CCC(NC(=O)CCN(CCC(C)C)C(C)=O)CC1. The van der Waals surface area contributed by atoms with Gasteiger partial charge in [-0.05, 0) is 32.1 Å². The van der Waals surface area contributed by atoms with Crippen LogP contribution in [0.3, 0.4) is 0 Å². The molecular formula is C18H33N3O4. The van der Waals surface area contributed by atoms with E-state index < -0.39 is 0 Å². The first kappa shape index (κ1) is 21.3. The smallest absolute Gasteiger partial charge is 0.409 e. The number of likely N-dealkylation sites (tertiary alicyclic amines) is 1. The molecule has 144 valence electrons. The van der Waals surface area contributed by atoms with Gasteiger partial charge in [-0.3, -0.25) is 9.59 Å². The standard InChI is InChI=1S/C18H33N3O4/c1-5-25-18(24)21-11-7-16(8-12-21)19-17(23)9-13-20(15(4)22)10-6-14(2)3/h14,16H,5-13H2,1-4H3,(H,19,23). The third-order valence-corrected chi connectivity index (χ3v) is 4.42. The Bertz CT molecular complexity index is 446. The van der Waals surface area contributed by atoms with Crippen molar-refractivity contribution >= 4 is 17.9 Å². The number of nitrogens with zero attached hydrogens (tertiary/aromatic N) is 2. The molecule has 0 saturated carbocycles. The van der Waals surface area contributed by atoms with E-state index in [0.29, 0.717) is 45.1 Å². The summed E-state index contributed by atoms with van der Waals surface area (Å²) in [5.41, 5.74) is 0. The number of piperidine rings is 1. The van der Waals surface area contributed by atoms with E-state index in [2.05, 4.69) is 19.2 Å². The first-order valence-corrected chi connectivity index (χ1v) is 9.30. The van der Waals surface area contributed by atoms with E-state index in [0.717, 1.165) is 19.3 Å². The summed E-state index contributed by atoms with van der Waals surface area (Å²) in [4.78, 5) is 38.9. The van der Waals surface area contributed by atoms with Gasteiger partial charge in [-0.1, -0.05) is 13.8 Å². The Labute approximate surface area is 151 Å². The number of ether oxygens (including phenoxy) is 1. The zero-order chi connectivity index (χ0) is 18.8. The quantitative estimate of drug-likeness (QED) is 0.722. The number of nitrogens with one attached hydrogen (secondary N) is 1. The van der Waals surface area contributed by atoms with Crippen molar-refractivity contribution in [2.45, 2.75) is 59.4 Å². The van der Waals surface area contributed by atoms with Gasteiger partial charge in [0.1, 0.15) is 0 Å². The number of carbonyl (C=O) groups is 3. The van der Waals surface area contributed by atoms with Crippen molar-refractivity contribution in [1.29, 1.82) is 0 Å². The summed E-state index contributed by atoms with van der Waals surface area (Å²) in [5.74, 6) is 0.502. The van der Waals surface area contributed by atoms with E-state index in [1.807, 2.05) is 0 Å². The largest absolute Gasteiger partial charge is 0.450 e. The molecule has 1 aliphatic rings. The van der Waals surface area contributed by atoms with Crippen molar-refractivity contribution in [1.82, 2.24) is 15.1 Å². The molecule has 1 fully saturated rings. The summed E-state index contributed by atoms with van der Waals surface area (Å²) in [5, 5.41) is 3.01. The molecule has 0 radical (unpaired) electrons. The van der Waals surface area contributed by atoms with Gasteiger partial charge in [0.25, 0.3) is 0 Å². The van der Waals surface area contributed by atoms with Gasteiger partial charge in [0, 0.05) is 45.6 Å². The van der Waals surface area contributed by atoms with E-state index >= 15 is 0 Å². The molecule has 1 N–H and O–H groups in total. The molecule has 7 heteroatoms. The highest BCUT2D eigenvalue weighted by Crippen LogP contribution is 2.12. The van der Waals surface area contributed by atoms with E-state index in [9.17, 15) is 14.4 Å². The lowest BCUT2D eigenvalue weighted by Gasteiger charge is -2.31. The summed E-state index contributed by atoms with van der Waals surface area (Å²) >= 11 is 0. The maximum Gasteiger partial charge on any atom is 0.409 e. The minimum atomic E-state index is -0.283. The molecule has 1 heterocycles. The third kappa shape index (κ3) is 8.23. The summed E-state index contributed by atoms with van der Waals surface area (Å²) in [6.07, 6.45) is 2.43. The highest BCUT2D eigenvalue weighted by Gasteiger charge is 2.24. The Morgan fingerprint density at radius 1 is 1.20 bits per heavy atom. The molecule has 0 aliphatic carbocycles. The lowest BCUT2D eigenvalue weighted by Crippen LogP contribution is -2.47. The van der Waals surface area contributed by atoms with Crippen molar-refractivity contribution in [3.63, 3.8) is 0 Å². The Hall–Kier alpha value is -1.79. The van der Waals surface area contributed by atoms with E-state index in [4.69, 9.17) is 4.74 Å². The van der Waals surface area contributed by atoms with Crippen LogP contribution in [0.1, 0.15) is 53.4 Å². The van der Waals surface area contributed by atoms with Crippen molar-refractivity contribution in [2.24, 2.45) is 5.92 Å². The van der Waals surface area contributed by atoms with Crippen LogP contribution in [0.25, 0.3) is 0 Å². The molecule has 3 amide bonds. The van der Waals surface area contributed by atoms with Crippen molar-refractivity contribution in [3.05, 3.63) is 0 Å². The van der Waals surface area contributed by atoms with Crippen LogP contribution in [0.15, 0.2) is 0 Å². The zero-order valence-corrected chi connectivity index (χ0v) is 16.0. The lowest BCUT2D eigenvalue weighted by molar-refractivity contribution is -0.130. The van der Waals surface area contributed by atoms with Crippen LogP contribution in [0, 0.1) is 5.92 Å². The van der Waals surface area contributed by atoms with Gasteiger partial charge >= 0.3 is 6.09 Å². The number of rotatable bonds is 8. The highest BCUT2D eigenvalue weighted by molar-refractivity contribution is 5.78. The van der Waals surface area contributed by atoms with Gasteiger partial charge in [-0.2, -0.15) is 0 Å². The molecule has 0 spiro atoms. The van der Waals surface area contributed by atoms with Crippen LogP contribution < -0.4 is 5.32 Å². The van der Waals surface area contributed by atoms with Gasteiger partial charge in [-0.25, -0.2) is 4.79 Å². The van der Waals surface area contributed by atoms with Gasteiger partial charge in [0.2, 0.25) is 11.8 Å². The second-order valence-corrected chi connectivity index (χ2v) is 6.97. The molecule has 0 aromatic carbocycles. The Morgan fingerprint density at radius 3 is 2.36 bits per heavy atom. The zero-order valence-electron chi connectivity index (χ0n) is 16.0. The molecule has 0 atom stereocenters. The van der Waals surface area contributed by atoms with Crippen LogP contribution in [0.5, 0.6) is 0 Å². The Balaban J connectivity index is 2.30. The number of amides is 3. The first-order valence-electron chi connectivity index (χ1n) is 9.30. The molecule has 1 saturated heterocycles. The van der Waals surface area contributed by atoms with Gasteiger partial charge in [0.15, 0.2) is 0 Å². The molecule has 25 heavy (non-hydrogen) atoms. The molecule has 0 bridgehead atoms. The van der Waals surface area contributed by atoms with E-state index in [1.165, 1.54) is 0 Å². The molecule has 1 aliphatic heterocycles. The lowest BCUT2D eigenvalue weighted by atomic mass is 10.1. The van der Waals surface area contributed by atoms with E-state index in [-0.39, 0.29) is 23.9 Å². The molecule has 7 nitrogen and oxygen atoms in total. The van der Waals surface area contributed by atoms with Crippen LogP contribution in [0.2, 0.25) is 0 Å². The summed E-state index contributed by atoms with van der Waals surface area (Å²) in [6.45, 7) is 10.3. The fraction of sp³-hybridized carbons (Fsp3) is 0.833. The van der Waals surface area contributed by atoms with Gasteiger partial charge in [-0.15, -0.1) is 0 Å². The summed E-state index contributed by atoms with van der Waals surface area (Å²) in [6, 6.07) is 0.0830. The molecule has 0 unspecified atom stereocenters. The predicted molar refractivity (Wildman–Crippen MR) is 96.1 cm³/mol. The first-order chi connectivity index (χ1) is 11.8. The second kappa shape index (κ2) is 10.9. The minimum Gasteiger partial charge on any atom is -0.450 e. The normalized spacial score (nSPS) is 15.2. The fourth-order valence-corrected chi connectivity index (χ4v) is 2.80. The third-order valence-electron chi connectivity index (χ3n) is 4.42. The monoisotopic (exact) mass is 355 g/mol. The molecule has 0 aromatic heterocycles. The van der Waals surface area contributed by atoms with Crippen LogP contribution >= 0.6 is 0 Å². The van der Waals surface area contributed by atoms with Gasteiger partial charge < -0.3 is 19.9 Å². The molecule has 0 aromatic rings. The Kier molecular flexibility index (Phi) is 9.31. The molecule has 1 rings (SSSR count). The maximum atomic E-state index is 12.1. The number of hydrogen-bond donors (Lipinski definition) is 1. The summed E-state index contributed by atoms with van der Waals surface area (Å²) < 4.78 is 4.99. The average molecular weight is 355 g/mol. The second-order valence-electron chi connectivity index (χ2n) is 6.97. The van der Waals surface area contributed by atoms with Crippen molar-refractivity contribution < 1.29 is 19.1 Å². The summed E-state index contributed by atoms with van der Waals surface area (Å²) in [7, 11) is 0. The van der Waals surface area contributed by atoms with Gasteiger partial charge in [0.05, 0.1) is 6.61 Å². The Morgan fingerprint density at radius 2 is 1.84 bits per heavy atom. The van der Waals surface area contributed by atoms with Crippen molar-refractivity contribution in [2.75, 3.05) is 32.8 Å². The van der Waals surface area contributed by atoms with Crippen LogP contribution in [0.4, 0.5) is 4.79 Å². The minimum absolute atomic E-state index is 0.0104. The number of hydrogen-bond acceptors (Lipinski definition) is 4. The average Bonchev–Trinajstić information content (AvgIpc) is 2.55. The van der Waals surface area contributed by atoms with E-state index in [1.54, 1.807) is 23.6 Å². The number of carbonyl (C=O) groups excluding carboxylic acids is 3. The van der Waals surface area contributed by atoms with Crippen molar-refractivity contribution in [3.8, 4) is 0 Å². The van der Waals surface area contributed by atoms with Crippen LogP contribution in [-0.4, -0.2) is 66.5 Å². The fourth-order valence-electron chi connectivity index (χ4n) is 2.80. The highest BCUT2D eigenvalue weighted by atomic mass is 16.6. The van der Waals surface area contributed by atoms with Crippen LogP contribution in [-0.2, 0) is 14.3 Å². The topological polar surface area (TPSA) is 79.0 Å². The molecular weight excluding hydrogens is 322 g/mol. The predicted octanol–water partition coefficient (Wildman–Crippen LogP) is 2.01. The maximum absolute atomic E-state index is 12.1.